The fourth-order valence-corrected chi connectivity index (χ4v) is 1.30. The first-order valence-corrected chi connectivity index (χ1v) is 5.75. The van der Waals surface area contributed by atoms with E-state index in [1.807, 2.05) is 24.3 Å². The fraction of sp³-hybridized carbons (Fsp3) is 0.462. The van der Waals surface area contributed by atoms with Crippen LogP contribution in [0.2, 0.25) is 0 Å². The van der Waals surface area contributed by atoms with E-state index < -0.39 is 0 Å². The molecule has 1 rings (SSSR count). The van der Waals surface area contributed by atoms with Gasteiger partial charge >= 0.3 is 6.03 Å². The normalized spacial score (nSPS) is 10.2. The van der Waals surface area contributed by atoms with Crippen molar-refractivity contribution in [3.05, 3.63) is 29.8 Å². The minimum absolute atomic E-state index is 0.141. The molecule has 0 bridgehead atoms. The third-order valence-electron chi connectivity index (χ3n) is 2.29. The Balaban J connectivity index is 2.43. The molecule has 0 aliphatic rings. The van der Waals surface area contributed by atoms with E-state index in [4.69, 9.17) is 0 Å². The molecule has 88 valence electrons. The Morgan fingerprint density at radius 2 is 1.88 bits per heavy atom. The molecule has 0 spiro atoms. The molecule has 1 aromatic rings. The predicted molar refractivity (Wildman–Crippen MR) is 67.7 cm³/mol. The summed E-state index contributed by atoms with van der Waals surface area (Å²) in [6, 6.07) is 7.76. The van der Waals surface area contributed by atoms with Gasteiger partial charge in [0.15, 0.2) is 0 Å². The summed E-state index contributed by atoms with van der Waals surface area (Å²) in [5, 5.41) is 5.61. The molecule has 2 amide bonds. The second kappa shape index (κ2) is 6.16. The van der Waals surface area contributed by atoms with Crippen LogP contribution in [-0.4, -0.2) is 12.6 Å². The van der Waals surface area contributed by atoms with Crippen LogP contribution in [0.4, 0.5) is 10.5 Å². The molecule has 0 aliphatic heterocycles. The van der Waals surface area contributed by atoms with Crippen LogP contribution in [0.3, 0.4) is 0 Å². The number of aryl methyl sites for hydroxylation is 1. The van der Waals surface area contributed by atoms with E-state index in [1.165, 1.54) is 5.56 Å². The zero-order valence-corrected chi connectivity index (χ0v) is 10.2. The van der Waals surface area contributed by atoms with Gasteiger partial charge in [0, 0.05) is 12.2 Å². The van der Waals surface area contributed by atoms with Crippen molar-refractivity contribution in [3.63, 3.8) is 0 Å². The van der Waals surface area contributed by atoms with E-state index in [0.29, 0.717) is 12.5 Å². The Hall–Kier alpha value is -1.51. The van der Waals surface area contributed by atoms with E-state index in [2.05, 4.69) is 31.4 Å². The highest BCUT2D eigenvalue weighted by Gasteiger charge is 2.01. The number of carbonyl (C=O) groups is 1. The third kappa shape index (κ3) is 4.34. The molecule has 3 nitrogen and oxygen atoms in total. The maximum atomic E-state index is 11.4. The van der Waals surface area contributed by atoms with Crippen molar-refractivity contribution in [1.29, 1.82) is 0 Å². The lowest BCUT2D eigenvalue weighted by atomic mass is 10.1. The van der Waals surface area contributed by atoms with Crippen LogP contribution in [0.1, 0.15) is 26.3 Å². The van der Waals surface area contributed by atoms with Gasteiger partial charge in [0.1, 0.15) is 0 Å². The van der Waals surface area contributed by atoms with Crippen LogP contribution in [0, 0.1) is 5.92 Å². The standard InChI is InChI=1S/C13H20N2O/c1-4-11-5-7-12(8-6-11)15-13(16)14-9-10(2)3/h5-8,10H,4,9H2,1-3H3,(H2,14,15,16). The summed E-state index contributed by atoms with van der Waals surface area (Å²) < 4.78 is 0. The molecule has 0 radical (unpaired) electrons. The number of amides is 2. The van der Waals surface area contributed by atoms with Crippen molar-refractivity contribution in [3.8, 4) is 0 Å². The van der Waals surface area contributed by atoms with E-state index >= 15 is 0 Å². The van der Waals surface area contributed by atoms with Gasteiger partial charge < -0.3 is 10.6 Å². The Bertz CT molecular complexity index is 330. The summed E-state index contributed by atoms with van der Waals surface area (Å²) in [4.78, 5) is 11.4. The van der Waals surface area contributed by atoms with Crippen LogP contribution in [-0.2, 0) is 6.42 Å². The first kappa shape index (κ1) is 12.6. The maximum absolute atomic E-state index is 11.4. The summed E-state index contributed by atoms with van der Waals surface area (Å²) in [6.07, 6.45) is 1.01. The summed E-state index contributed by atoms with van der Waals surface area (Å²) in [6.45, 7) is 6.93. The lowest BCUT2D eigenvalue weighted by Gasteiger charge is -2.09. The van der Waals surface area contributed by atoms with Crippen molar-refractivity contribution in [1.82, 2.24) is 5.32 Å². The van der Waals surface area contributed by atoms with Crippen LogP contribution in [0.15, 0.2) is 24.3 Å². The molecule has 0 fully saturated rings. The molecule has 16 heavy (non-hydrogen) atoms. The molecule has 0 unspecified atom stereocenters. The molecule has 0 saturated heterocycles. The van der Waals surface area contributed by atoms with Crippen molar-refractivity contribution in [2.45, 2.75) is 27.2 Å². The highest BCUT2D eigenvalue weighted by Crippen LogP contribution is 2.09. The number of hydrogen-bond donors (Lipinski definition) is 2. The lowest BCUT2D eigenvalue weighted by molar-refractivity contribution is 0.251. The lowest BCUT2D eigenvalue weighted by Crippen LogP contribution is -2.31. The molecule has 0 saturated carbocycles. The topological polar surface area (TPSA) is 41.1 Å². The van der Waals surface area contributed by atoms with Gasteiger partial charge in [-0.25, -0.2) is 4.79 Å². The highest BCUT2D eigenvalue weighted by molar-refractivity contribution is 5.89. The molecule has 0 atom stereocenters. The molecule has 3 heteroatoms. The molecular weight excluding hydrogens is 200 g/mol. The number of urea groups is 1. The first-order valence-electron chi connectivity index (χ1n) is 5.75. The summed E-state index contributed by atoms with van der Waals surface area (Å²) in [5.74, 6) is 0.466. The minimum atomic E-state index is -0.141. The number of rotatable bonds is 4. The molecule has 0 aromatic heterocycles. The molecule has 1 aromatic carbocycles. The number of benzene rings is 1. The van der Waals surface area contributed by atoms with E-state index in [1.54, 1.807) is 0 Å². The third-order valence-corrected chi connectivity index (χ3v) is 2.29. The van der Waals surface area contributed by atoms with E-state index in [0.717, 1.165) is 12.1 Å². The highest BCUT2D eigenvalue weighted by atomic mass is 16.2. The largest absolute Gasteiger partial charge is 0.338 e. The number of hydrogen-bond acceptors (Lipinski definition) is 1. The number of anilines is 1. The average Bonchev–Trinajstić information content (AvgIpc) is 2.27. The van der Waals surface area contributed by atoms with E-state index in [-0.39, 0.29) is 6.03 Å². The van der Waals surface area contributed by atoms with Crippen molar-refractivity contribution in [2.75, 3.05) is 11.9 Å². The predicted octanol–water partition coefficient (Wildman–Crippen LogP) is 3.03. The van der Waals surface area contributed by atoms with Crippen LogP contribution in [0.5, 0.6) is 0 Å². The van der Waals surface area contributed by atoms with Crippen LogP contribution in [0.25, 0.3) is 0 Å². The molecule has 0 heterocycles. The Kier molecular flexibility index (Phi) is 4.83. The zero-order valence-electron chi connectivity index (χ0n) is 10.2. The Morgan fingerprint density at radius 1 is 1.25 bits per heavy atom. The van der Waals surface area contributed by atoms with Gasteiger partial charge in [0.2, 0.25) is 0 Å². The summed E-state index contributed by atoms with van der Waals surface area (Å²) in [5.41, 5.74) is 2.10. The van der Waals surface area contributed by atoms with Gasteiger partial charge in [0.25, 0.3) is 0 Å². The van der Waals surface area contributed by atoms with E-state index in [9.17, 15) is 4.79 Å². The second-order valence-corrected chi connectivity index (χ2v) is 4.28. The number of nitrogens with one attached hydrogen (secondary N) is 2. The van der Waals surface area contributed by atoms with Gasteiger partial charge in [-0.1, -0.05) is 32.9 Å². The van der Waals surface area contributed by atoms with Gasteiger partial charge in [-0.05, 0) is 30.0 Å². The Morgan fingerprint density at radius 3 is 2.38 bits per heavy atom. The van der Waals surface area contributed by atoms with Gasteiger partial charge in [-0.15, -0.1) is 0 Å². The molecule has 2 N–H and O–H groups in total. The SMILES string of the molecule is CCc1ccc(NC(=O)NCC(C)C)cc1. The van der Waals surface area contributed by atoms with Gasteiger partial charge in [0.05, 0.1) is 0 Å². The quantitative estimate of drug-likeness (QED) is 0.804. The average molecular weight is 220 g/mol. The van der Waals surface area contributed by atoms with Crippen molar-refractivity contribution in [2.24, 2.45) is 5.92 Å². The summed E-state index contributed by atoms with van der Waals surface area (Å²) in [7, 11) is 0. The van der Waals surface area contributed by atoms with Crippen LogP contribution < -0.4 is 10.6 Å². The van der Waals surface area contributed by atoms with Gasteiger partial charge in [-0.3, -0.25) is 0 Å². The molecule has 0 aliphatic carbocycles. The van der Waals surface area contributed by atoms with Crippen molar-refractivity contribution >= 4 is 11.7 Å². The first-order chi connectivity index (χ1) is 7.61. The fourth-order valence-electron chi connectivity index (χ4n) is 1.30. The van der Waals surface area contributed by atoms with Crippen molar-refractivity contribution < 1.29 is 4.79 Å². The summed E-state index contributed by atoms with van der Waals surface area (Å²) >= 11 is 0. The smallest absolute Gasteiger partial charge is 0.319 e. The monoisotopic (exact) mass is 220 g/mol. The number of carbonyl (C=O) groups excluding carboxylic acids is 1. The van der Waals surface area contributed by atoms with Gasteiger partial charge in [-0.2, -0.15) is 0 Å². The van der Waals surface area contributed by atoms with Crippen LogP contribution >= 0.6 is 0 Å². The zero-order chi connectivity index (χ0) is 12.0. The molecular formula is C13H20N2O. The Labute approximate surface area is 97.2 Å². The maximum Gasteiger partial charge on any atom is 0.319 e. The minimum Gasteiger partial charge on any atom is -0.338 e. The second-order valence-electron chi connectivity index (χ2n) is 4.28.